The Morgan fingerprint density at radius 3 is 2.94 bits per heavy atom. The molecular formula is C10H17N5S. The van der Waals surface area contributed by atoms with Crippen LogP contribution in [-0.2, 0) is 6.54 Å². The topological polar surface area (TPSA) is 64.8 Å². The summed E-state index contributed by atoms with van der Waals surface area (Å²) in [7, 11) is 0. The molecule has 0 radical (unpaired) electrons. The molecule has 0 bridgehead atoms. The van der Waals surface area contributed by atoms with Crippen molar-refractivity contribution >= 4 is 16.5 Å². The van der Waals surface area contributed by atoms with Crippen molar-refractivity contribution in [2.75, 3.05) is 25.0 Å². The lowest BCUT2D eigenvalue weighted by molar-refractivity contribution is 0.283. The Bertz CT molecular complexity index is 343. The standard InChI is InChI=1S/C10H17N5S/c1-3-12-10-9(13-14-16-10)8-15(4-2)7-5-6-11/h12H,3-5,7-8H2,1-2H3. The van der Waals surface area contributed by atoms with Crippen LogP contribution in [0.5, 0.6) is 0 Å². The van der Waals surface area contributed by atoms with Gasteiger partial charge in [0, 0.05) is 37.6 Å². The van der Waals surface area contributed by atoms with Gasteiger partial charge in [-0.1, -0.05) is 11.4 Å². The van der Waals surface area contributed by atoms with Crippen LogP contribution in [0.15, 0.2) is 0 Å². The second-order valence-corrected chi connectivity index (χ2v) is 4.11. The summed E-state index contributed by atoms with van der Waals surface area (Å²) in [5.41, 5.74) is 0.978. The molecule has 0 aliphatic carbocycles. The number of nitriles is 1. The number of hydrogen-bond donors (Lipinski definition) is 1. The summed E-state index contributed by atoms with van der Waals surface area (Å²) in [5, 5.41) is 17.0. The van der Waals surface area contributed by atoms with Gasteiger partial charge in [0.15, 0.2) is 0 Å². The van der Waals surface area contributed by atoms with Gasteiger partial charge in [0.25, 0.3) is 0 Å². The number of rotatable bonds is 7. The Morgan fingerprint density at radius 1 is 1.50 bits per heavy atom. The molecule has 0 saturated heterocycles. The first-order valence-corrected chi connectivity index (χ1v) is 6.23. The molecule has 0 aliphatic heterocycles. The van der Waals surface area contributed by atoms with Crippen molar-refractivity contribution < 1.29 is 0 Å². The van der Waals surface area contributed by atoms with E-state index in [2.05, 4.69) is 39.7 Å². The third-order valence-electron chi connectivity index (χ3n) is 2.25. The third kappa shape index (κ3) is 3.76. The van der Waals surface area contributed by atoms with E-state index in [1.165, 1.54) is 11.5 Å². The van der Waals surface area contributed by atoms with Gasteiger partial charge in [-0.05, 0) is 13.5 Å². The molecule has 0 saturated carbocycles. The smallest absolute Gasteiger partial charge is 0.134 e. The van der Waals surface area contributed by atoms with E-state index in [4.69, 9.17) is 5.26 Å². The number of nitrogens with zero attached hydrogens (tertiary/aromatic N) is 4. The number of hydrogen-bond acceptors (Lipinski definition) is 6. The van der Waals surface area contributed by atoms with Crippen LogP contribution in [0.1, 0.15) is 26.0 Å². The van der Waals surface area contributed by atoms with E-state index in [1.54, 1.807) is 0 Å². The maximum absolute atomic E-state index is 8.56. The molecule has 1 rings (SSSR count). The molecule has 88 valence electrons. The van der Waals surface area contributed by atoms with Crippen LogP contribution in [0.2, 0.25) is 0 Å². The van der Waals surface area contributed by atoms with Crippen molar-refractivity contribution in [2.45, 2.75) is 26.8 Å². The predicted molar refractivity (Wildman–Crippen MR) is 65.3 cm³/mol. The molecule has 0 aliphatic rings. The SMILES string of the molecule is CCNc1snnc1CN(CC)CCC#N. The maximum Gasteiger partial charge on any atom is 0.134 e. The van der Waals surface area contributed by atoms with Gasteiger partial charge in [0.2, 0.25) is 0 Å². The average molecular weight is 239 g/mol. The second-order valence-electron chi connectivity index (χ2n) is 3.36. The molecule has 1 aromatic heterocycles. The summed E-state index contributed by atoms with van der Waals surface area (Å²) in [6.45, 7) is 7.49. The fourth-order valence-electron chi connectivity index (χ4n) is 1.38. The van der Waals surface area contributed by atoms with Crippen molar-refractivity contribution in [1.29, 1.82) is 5.26 Å². The Balaban J connectivity index is 2.55. The highest BCUT2D eigenvalue weighted by atomic mass is 32.1. The summed E-state index contributed by atoms with van der Waals surface area (Å²) in [4.78, 5) is 2.20. The van der Waals surface area contributed by atoms with Crippen LogP contribution in [-0.4, -0.2) is 34.1 Å². The number of nitrogens with one attached hydrogen (secondary N) is 1. The summed E-state index contributed by atoms with van der Waals surface area (Å²) < 4.78 is 3.95. The van der Waals surface area contributed by atoms with Crippen molar-refractivity contribution in [3.63, 3.8) is 0 Å². The maximum atomic E-state index is 8.56. The third-order valence-corrected chi connectivity index (χ3v) is 2.98. The predicted octanol–water partition coefficient (Wildman–Crippen LogP) is 1.71. The van der Waals surface area contributed by atoms with E-state index in [9.17, 15) is 0 Å². The highest BCUT2D eigenvalue weighted by molar-refractivity contribution is 7.10. The molecule has 0 spiro atoms. The van der Waals surface area contributed by atoms with E-state index in [1.807, 2.05) is 0 Å². The molecule has 16 heavy (non-hydrogen) atoms. The number of anilines is 1. The highest BCUT2D eigenvalue weighted by Gasteiger charge is 2.11. The van der Waals surface area contributed by atoms with E-state index in [-0.39, 0.29) is 0 Å². The molecule has 1 aromatic rings. The molecular weight excluding hydrogens is 222 g/mol. The van der Waals surface area contributed by atoms with Crippen molar-refractivity contribution in [3.8, 4) is 6.07 Å². The monoisotopic (exact) mass is 239 g/mol. The Morgan fingerprint density at radius 2 is 2.31 bits per heavy atom. The van der Waals surface area contributed by atoms with Gasteiger partial charge in [-0.2, -0.15) is 5.26 Å². The van der Waals surface area contributed by atoms with E-state index >= 15 is 0 Å². The first-order chi connectivity index (χ1) is 7.81. The highest BCUT2D eigenvalue weighted by Crippen LogP contribution is 2.18. The average Bonchev–Trinajstić information content (AvgIpc) is 2.72. The van der Waals surface area contributed by atoms with E-state index < -0.39 is 0 Å². The zero-order valence-corrected chi connectivity index (χ0v) is 10.5. The van der Waals surface area contributed by atoms with Gasteiger partial charge in [-0.3, -0.25) is 4.90 Å². The molecule has 1 heterocycles. The molecule has 0 amide bonds. The van der Waals surface area contributed by atoms with Crippen molar-refractivity contribution in [3.05, 3.63) is 5.69 Å². The fraction of sp³-hybridized carbons (Fsp3) is 0.700. The lowest BCUT2D eigenvalue weighted by Crippen LogP contribution is -2.24. The summed E-state index contributed by atoms with van der Waals surface area (Å²) >= 11 is 1.39. The molecule has 6 heteroatoms. The van der Waals surface area contributed by atoms with E-state index in [0.29, 0.717) is 6.42 Å². The quantitative estimate of drug-likeness (QED) is 0.784. The molecule has 0 fully saturated rings. The molecule has 0 atom stereocenters. The molecule has 5 nitrogen and oxygen atoms in total. The van der Waals surface area contributed by atoms with Gasteiger partial charge in [-0.15, -0.1) is 5.10 Å². The van der Waals surface area contributed by atoms with E-state index in [0.717, 1.165) is 36.9 Å². The van der Waals surface area contributed by atoms with Gasteiger partial charge >= 0.3 is 0 Å². The number of aromatic nitrogens is 2. The molecule has 0 unspecified atom stereocenters. The Hall–Kier alpha value is -1.19. The van der Waals surface area contributed by atoms with Crippen molar-refractivity contribution in [1.82, 2.24) is 14.5 Å². The van der Waals surface area contributed by atoms with Crippen molar-refractivity contribution in [2.24, 2.45) is 0 Å². The minimum atomic E-state index is 0.557. The first-order valence-electron chi connectivity index (χ1n) is 5.46. The Kier molecular flexibility index (Phi) is 5.75. The Labute approximate surface area is 100 Å². The van der Waals surface area contributed by atoms with Crippen LogP contribution < -0.4 is 5.32 Å². The normalized spacial score (nSPS) is 10.4. The summed E-state index contributed by atoms with van der Waals surface area (Å²) in [6, 6.07) is 2.16. The minimum absolute atomic E-state index is 0.557. The summed E-state index contributed by atoms with van der Waals surface area (Å²) in [6.07, 6.45) is 0.557. The second kappa shape index (κ2) is 7.14. The van der Waals surface area contributed by atoms with Crippen LogP contribution in [0, 0.1) is 11.3 Å². The summed E-state index contributed by atoms with van der Waals surface area (Å²) in [5.74, 6) is 0. The largest absolute Gasteiger partial charge is 0.374 e. The van der Waals surface area contributed by atoms with Gasteiger partial charge in [0.1, 0.15) is 10.7 Å². The zero-order chi connectivity index (χ0) is 11.8. The van der Waals surface area contributed by atoms with Gasteiger partial charge in [-0.25, -0.2) is 0 Å². The fourth-order valence-corrected chi connectivity index (χ4v) is 2.02. The lowest BCUT2D eigenvalue weighted by atomic mass is 10.3. The van der Waals surface area contributed by atoms with Crippen LogP contribution >= 0.6 is 11.5 Å². The minimum Gasteiger partial charge on any atom is -0.374 e. The first kappa shape index (κ1) is 12.9. The molecule has 0 aromatic carbocycles. The van der Waals surface area contributed by atoms with Crippen LogP contribution in [0.4, 0.5) is 5.00 Å². The zero-order valence-electron chi connectivity index (χ0n) is 9.73. The molecule has 1 N–H and O–H groups in total. The van der Waals surface area contributed by atoms with Crippen LogP contribution in [0.25, 0.3) is 0 Å². The van der Waals surface area contributed by atoms with Gasteiger partial charge < -0.3 is 5.32 Å². The van der Waals surface area contributed by atoms with Crippen LogP contribution in [0.3, 0.4) is 0 Å². The lowest BCUT2D eigenvalue weighted by Gasteiger charge is -2.17. The van der Waals surface area contributed by atoms with Gasteiger partial charge in [0.05, 0.1) is 6.07 Å².